The van der Waals surface area contributed by atoms with Crippen molar-refractivity contribution in [1.29, 1.82) is 0 Å². The first-order valence-corrected chi connectivity index (χ1v) is 13.8. The molecule has 40 heavy (non-hydrogen) atoms. The number of aromatic nitrogens is 2. The van der Waals surface area contributed by atoms with Gasteiger partial charge in [0.2, 0.25) is 5.95 Å². The van der Waals surface area contributed by atoms with Crippen LogP contribution in [0.25, 0.3) is 11.1 Å². The number of hydrogen-bond donors (Lipinski definition) is 3. The molecule has 3 N–H and O–H groups in total. The molecule has 0 aromatic carbocycles. The summed E-state index contributed by atoms with van der Waals surface area (Å²) >= 11 is 0. The number of rotatable bonds is 12. The van der Waals surface area contributed by atoms with E-state index in [-0.39, 0.29) is 11.7 Å². The molecule has 0 aliphatic rings. The van der Waals surface area contributed by atoms with Crippen LogP contribution in [0, 0.1) is 18.8 Å². The molecule has 3 rings (SSSR count). The van der Waals surface area contributed by atoms with Gasteiger partial charge in [0, 0.05) is 45.4 Å². The van der Waals surface area contributed by atoms with Gasteiger partial charge >= 0.3 is 0 Å². The van der Waals surface area contributed by atoms with Crippen molar-refractivity contribution in [3.8, 4) is 0 Å². The number of furan rings is 1. The van der Waals surface area contributed by atoms with Crippen LogP contribution >= 0.6 is 0 Å². The van der Waals surface area contributed by atoms with E-state index in [4.69, 9.17) is 9.15 Å². The number of aldehydes is 2. The molecule has 2 atom stereocenters. The molecule has 3 heterocycles. The van der Waals surface area contributed by atoms with Crippen molar-refractivity contribution >= 4 is 35.2 Å². The molecule has 224 valence electrons. The quantitative estimate of drug-likeness (QED) is 0.133. The number of aryl methyl sites for hydroxylation is 1. The predicted molar refractivity (Wildman–Crippen MR) is 162 cm³/mol. The number of hydrogen-bond acceptors (Lipinski definition) is 9. The van der Waals surface area contributed by atoms with Crippen LogP contribution < -0.4 is 16.0 Å². The number of carbonyl (C=O) groups is 2. The normalized spacial score (nSPS) is 11.4. The summed E-state index contributed by atoms with van der Waals surface area (Å²) in [5.41, 5.74) is 2.32. The summed E-state index contributed by atoms with van der Waals surface area (Å²) in [7, 11) is 3.47. The third kappa shape index (κ3) is 15.3. The summed E-state index contributed by atoms with van der Waals surface area (Å²) < 4.78 is 23.1. The Balaban J connectivity index is 0.000000526. The molecule has 9 nitrogen and oxygen atoms in total. The summed E-state index contributed by atoms with van der Waals surface area (Å²) in [5, 5.41) is 9.03. The highest BCUT2D eigenvalue weighted by molar-refractivity contribution is 5.96. The van der Waals surface area contributed by atoms with Crippen LogP contribution in [0.3, 0.4) is 0 Å². The SMILES string of the molecule is CCC[C@H](C)C=O.CCOCCNC(C)CC.CNc1c(C=O)oc2ccc(F)nc12.CNc1ccc(C)cn1. The molecule has 0 saturated heterocycles. The fourth-order valence-corrected chi connectivity index (χ4v) is 3.10. The van der Waals surface area contributed by atoms with Crippen molar-refractivity contribution in [3.63, 3.8) is 0 Å². The highest BCUT2D eigenvalue weighted by Crippen LogP contribution is 2.27. The minimum atomic E-state index is -0.604. The van der Waals surface area contributed by atoms with Gasteiger partial charge in [-0.05, 0) is 57.4 Å². The largest absolute Gasteiger partial charge is 0.449 e. The zero-order valence-corrected chi connectivity index (χ0v) is 25.3. The zero-order valence-electron chi connectivity index (χ0n) is 25.3. The Morgan fingerprint density at radius 1 is 1.07 bits per heavy atom. The summed E-state index contributed by atoms with van der Waals surface area (Å²) in [4.78, 5) is 28.2. The molecule has 3 aromatic rings. The van der Waals surface area contributed by atoms with Gasteiger partial charge in [-0.2, -0.15) is 4.39 Å². The molecular weight excluding hydrogens is 513 g/mol. The number of anilines is 2. The molecule has 0 fully saturated rings. The van der Waals surface area contributed by atoms with E-state index in [1.54, 1.807) is 7.05 Å². The van der Waals surface area contributed by atoms with Crippen molar-refractivity contribution in [2.24, 2.45) is 5.92 Å². The van der Waals surface area contributed by atoms with Crippen molar-refractivity contribution in [2.45, 2.75) is 66.8 Å². The molecule has 0 aliphatic carbocycles. The van der Waals surface area contributed by atoms with Crippen LogP contribution in [0.1, 0.15) is 70.0 Å². The molecule has 0 radical (unpaired) electrons. The van der Waals surface area contributed by atoms with Crippen LogP contribution in [0.4, 0.5) is 15.9 Å². The standard InChI is InChI=1S/C9H7FN2O2.C8H19NO.C7H10N2.C6H12O/c1-11-8-6(4-13)14-5-2-3-7(10)12-9(5)8;1-4-8(3)9-6-7-10-5-2;1-6-3-4-7(8-2)9-5-6;1-3-4-6(2)5-7/h2-4,11H,1H3;8-9H,4-7H2,1-3H3;3-5H,1-2H3,(H,8,9);5-6H,3-4H2,1-2H3/t;;;6-/m...0/s1. The lowest BCUT2D eigenvalue weighted by molar-refractivity contribution is -0.110. The van der Waals surface area contributed by atoms with Crippen LogP contribution in [-0.2, 0) is 9.53 Å². The number of nitrogens with one attached hydrogen (secondary N) is 3. The van der Waals surface area contributed by atoms with Crippen molar-refractivity contribution < 1.29 is 23.1 Å². The molecular formula is C30H48FN5O4. The van der Waals surface area contributed by atoms with E-state index in [0.29, 0.717) is 29.1 Å². The molecule has 1 unspecified atom stereocenters. The van der Waals surface area contributed by atoms with Crippen molar-refractivity contribution in [3.05, 3.63) is 47.7 Å². The average molecular weight is 562 g/mol. The lowest BCUT2D eigenvalue weighted by atomic mass is 10.1. The fraction of sp³-hybridized carbons (Fsp3) is 0.533. The van der Waals surface area contributed by atoms with E-state index in [1.165, 1.54) is 24.1 Å². The van der Waals surface area contributed by atoms with Crippen LogP contribution in [0.5, 0.6) is 0 Å². The number of fused-ring (bicyclic) bond motifs is 1. The maximum Gasteiger partial charge on any atom is 0.213 e. The zero-order chi connectivity index (χ0) is 30.3. The van der Waals surface area contributed by atoms with Crippen molar-refractivity contribution in [2.75, 3.05) is 44.5 Å². The van der Waals surface area contributed by atoms with Gasteiger partial charge in [-0.3, -0.25) is 4.79 Å². The first-order valence-electron chi connectivity index (χ1n) is 13.8. The van der Waals surface area contributed by atoms with Gasteiger partial charge in [0.15, 0.2) is 17.6 Å². The lowest BCUT2D eigenvalue weighted by Gasteiger charge is -2.10. The van der Waals surface area contributed by atoms with Gasteiger partial charge < -0.3 is 29.9 Å². The molecule has 0 spiro atoms. The highest BCUT2D eigenvalue weighted by Gasteiger charge is 2.13. The van der Waals surface area contributed by atoms with Crippen LogP contribution in [0.2, 0.25) is 0 Å². The fourth-order valence-electron chi connectivity index (χ4n) is 3.10. The second-order valence-corrected chi connectivity index (χ2v) is 9.02. The maximum absolute atomic E-state index is 12.8. The monoisotopic (exact) mass is 561 g/mol. The Labute approximate surface area is 238 Å². The van der Waals surface area contributed by atoms with Gasteiger partial charge in [0.25, 0.3) is 0 Å². The van der Waals surface area contributed by atoms with Crippen molar-refractivity contribution in [1.82, 2.24) is 15.3 Å². The first-order chi connectivity index (χ1) is 19.2. The third-order valence-electron chi connectivity index (χ3n) is 5.58. The van der Waals surface area contributed by atoms with Gasteiger partial charge in [-0.25, -0.2) is 9.97 Å². The van der Waals surface area contributed by atoms with Gasteiger partial charge in [0.1, 0.15) is 23.3 Å². The Morgan fingerprint density at radius 3 is 2.27 bits per heavy atom. The lowest BCUT2D eigenvalue weighted by Crippen LogP contribution is -2.28. The van der Waals surface area contributed by atoms with E-state index in [2.05, 4.69) is 46.7 Å². The minimum Gasteiger partial charge on any atom is -0.449 e. The summed E-state index contributed by atoms with van der Waals surface area (Å²) in [6.07, 6.45) is 6.73. The first kappa shape index (κ1) is 36.6. The topological polar surface area (TPSA) is 118 Å². The Morgan fingerprint density at radius 2 is 1.80 bits per heavy atom. The van der Waals surface area contributed by atoms with Crippen LogP contribution in [-0.4, -0.2) is 62.4 Å². The van der Waals surface area contributed by atoms with E-state index in [0.717, 1.165) is 44.7 Å². The second kappa shape index (κ2) is 22.4. The highest BCUT2D eigenvalue weighted by atomic mass is 19.1. The number of halogens is 1. The van der Waals surface area contributed by atoms with Gasteiger partial charge in [-0.1, -0.05) is 33.3 Å². The second-order valence-electron chi connectivity index (χ2n) is 9.02. The summed E-state index contributed by atoms with van der Waals surface area (Å²) in [6.45, 7) is 15.1. The Kier molecular flexibility index (Phi) is 20.6. The van der Waals surface area contributed by atoms with Crippen LogP contribution in [0.15, 0.2) is 34.9 Å². The summed E-state index contributed by atoms with van der Waals surface area (Å²) in [6, 6.07) is 7.22. The molecule has 10 heteroatoms. The number of carbonyl (C=O) groups excluding carboxylic acids is 2. The third-order valence-corrected chi connectivity index (χ3v) is 5.58. The average Bonchev–Trinajstić information content (AvgIpc) is 3.33. The molecule has 0 amide bonds. The molecule has 0 bridgehead atoms. The minimum absolute atomic E-state index is 0.126. The van der Waals surface area contributed by atoms with E-state index in [9.17, 15) is 14.0 Å². The Hall–Kier alpha value is -3.37. The number of ether oxygens (including phenoxy) is 1. The van der Waals surface area contributed by atoms with Gasteiger partial charge in [0.05, 0.1) is 6.61 Å². The number of nitrogens with zero attached hydrogens (tertiary/aromatic N) is 2. The molecule has 3 aromatic heterocycles. The molecule has 0 saturated carbocycles. The Bertz CT molecular complexity index is 1080. The maximum atomic E-state index is 12.8. The summed E-state index contributed by atoms with van der Waals surface area (Å²) in [5.74, 6) is 0.707. The predicted octanol–water partition coefficient (Wildman–Crippen LogP) is 6.29. The molecule has 0 aliphatic heterocycles. The van der Waals surface area contributed by atoms with E-state index in [1.807, 2.05) is 46.1 Å². The number of pyridine rings is 2. The van der Waals surface area contributed by atoms with E-state index >= 15 is 0 Å². The smallest absolute Gasteiger partial charge is 0.213 e. The van der Waals surface area contributed by atoms with Gasteiger partial charge in [-0.15, -0.1) is 0 Å². The van der Waals surface area contributed by atoms with E-state index < -0.39 is 5.95 Å².